The Balaban J connectivity index is 1.80. The van der Waals surface area contributed by atoms with Gasteiger partial charge >= 0.3 is 12.0 Å². The zero-order chi connectivity index (χ0) is 15.1. The summed E-state index contributed by atoms with van der Waals surface area (Å²) in [7, 11) is 0. The maximum atomic E-state index is 11.7. The van der Waals surface area contributed by atoms with Gasteiger partial charge in [0.15, 0.2) is 0 Å². The molecule has 0 saturated carbocycles. The maximum Gasteiger partial charge on any atom is 0.319 e. The van der Waals surface area contributed by atoms with Gasteiger partial charge in [-0.05, 0) is 17.7 Å². The number of amides is 2. The van der Waals surface area contributed by atoms with Crippen molar-refractivity contribution in [3.05, 3.63) is 42.0 Å². The molecule has 1 heterocycles. The van der Waals surface area contributed by atoms with Crippen molar-refractivity contribution in [2.75, 3.05) is 11.9 Å². The van der Waals surface area contributed by atoms with Crippen LogP contribution in [0.1, 0.15) is 11.4 Å². The Kier molecular flexibility index (Phi) is 4.86. The highest BCUT2D eigenvalue weighted by molar-refractivity contribution is 5.89. The van der Waals surface area contributed by atoms with E-state index in [9.17, 15) is 9.59 Å². The average Bonchev–Trinajstić information content (AvgIpc) is 2.91. The average molecular weight is 289 g/mol. The van der Waals surface area contributed by atoms with Crippen LogP contribution in [0.25, 0.3) is 0 Å². The summed E-state index contributed by atoms with van der Waals surface area (Å²) < 4.78 is 0. The van der Waals surface area contributed by atoms with Crippen molar-refractivity contribution in [2.45, 2.75) is 12.8 Å². The lowest BCUT2D eigenvalue weighted by Gasteiger charge is -2.08. The summed E-state index contributed by atoms with van der Waals surface area (Å²) in [6.07, 6.45) is 1.87. The molecule has 1 aromatic carbocycles. The summed E-state index contributed by atoms with van der Waals surface area (Å²) in [5.74, 6) is -0.220. The number of hydrogen-bond donors (Lipinski definition) is 4. The number of aromatic nitrogens is 3. The van der Waals surface area contributed by atoms with E-state index in [1.165, 1.54) is 6.33 Å². The van der Waals surface area contributed by atoms with Crippen LogP contribution in [0, 0.1) is 0 Å². The number of aromatic amines is 1. The molecule has 2 amide bonds. The number of benzene rings is 1. The van der Waals surface area contributed by atoms with E-state index in [0.717, 1.165) is 0 Å². The first-order chi connectivity index (χ1) is 10.1. The van der Waals surface area contributed by atoms with E-state index in [1.54, 1.807) is 24.3 Å². The van der Waals surface area contributed by atoms with Crippen molar-refractivity contribution in [3.8, 4) is 0 Å². The van der Waals surface area contributed by atoms with Gasteiger partial charge in [-0.3, -0.25) is 9.89 Å². The summed E-state index contributed by atoms with van der Waals surface area (Å²) in [4.78, 5) is 26.3. The number of nitrogens with zero attached hydrogens (tertiary/aromatic N) is 2. The predicted octanol–water partition coefficient (Wildman–Crippen LogP) is 0.796. The maximum absolute atomic E-state index is 11.7. The first kappa shape index (κ1) is 14.5. The van der Waals surface area contributed by atoms with E-state index in [1.807, 2.05) is 0 Å². The molecule has 8 heteroatoms. The van der Waals surface area contributed by atoms with Gasteiger partial charge in [-0.25, -0.2) is 9.78 Å². The number of carboxylic acid groups (broad SMARTS) is 1. The number of rotatable bonds is 6. The van der Waals surface area contributed by atoms with Crippen LogP contribution >= 0.6 is 0 Å². The van der Waals surface area contributed by atoms with Crippen LogP contribution in [0.4, 0.5) is 10.5 Å². The number of carbonyl (C=O) groups excluding carboxylic acids is 1. The molecule has 0 bridgehead atoms. The highest BCUT2D eigenvalue weighted by Gasteiger charge is 2.05. The highest BCUT2D eigenvalue weighted by atomic mass is 16.4. The highest BCUT2D eigenvalue weighted by Crippen LogP contribution is 2.11. The number of carbonyl (C=O) groups is 2. The summed E-state index contributed by atoms with van der Waals surface area (Å²) in [5.41, 5.74) is 1.17. The largest absolute Gasteiger partial charge is 0.481 e. The van der Waals surface area contributed by atoms with E-state index in [4.69, 9.17) is 5.11 Å². The monoisotopic (exact) mass is 289 g/mol. The molecule has 0 radical (unpaired) electrons. The van der Waals surface area contributed by atoms with Crippen molar-refractivity contribution in [1.82, 2.24) is 20.5 Å². The molecular formula is C13H15N5O3. The van der Waals surface area contributed by atoms with E-state index < -0.39 is 5.97 Å². The molecule has 1 aromatic heterocycles. The Labute approximate surface area is 120 Å². The molecule has 21 heavy (non-hydrogen) atoms. The molecule has 2 rings (SSSR count). The van der Waals surface area contributed by atoms with E-state index >= 15 is 0 Å². The van der Waals surface area contributed by atoms with Crippen molar-refractivity contribution in [3.63, 3.8) is 0 Å². The Morgan fingerprint density at radius 2 is 2.19 bits per heavy atom. The van der Waals surface area contributed by atoms with Crippen LogP contribution in [0.5, 0.6) is 0 Å². The van der Waals surface area contributed by atoms with Crippen LogP contribution in [0.3, 0.4) is 0 Å². The Morgan fingerprint density at radius 1 is 1.33 bits per heavy atom. The number of aliphatic carboxylic acids is 1. The smallest absolute Gasteiger partial charge is 0.319 e. The molecule has 0 aliphatic heterocycles. The van der Waals surface area contributed by atoms with Crippen LogP contribution in [0.15, 0.2) is 30.6 Å². The van der Waals surface area contributed by atoms with Gasteiger partial charge < -0.3 is 15.7 Å². The summed E-state index contributed by atoms with van der Waals surface area (Å²) in [5, 5.41) is 20.5. The third kappa shape index (κ3) is 4.94. The number of hydrogen-bond acceptors (Lipinski definition) is 4. The van der Waals surface area contributed by atoms with Crippen molar-refractivity contribution >= 4 is 17.7 Å². The molecule has 0 unspecified atom stereocenters. The van der Waals surface area contributed by atoms with Gasteiger partial charge in [0, 0.05) is 18.7 Å². The topological polar surface area (TPSA) is 120 Å². The lowest BCUT2D eigenvalue weighted by Crippen LogP contribution is -2.30. The third-order valence-corrected chi connectivity index (χ3v) is 2.65. The minimum Gasteiger partial charge on any atom is -0.481 e. The first-order valence-corrected chi connectivity index (χ1v) is 6.33. The second-order valence-electron chi connectivity index (χ2n) is 4.33. The number of H-pyrrole nitrogens is 1. The van der Waals surface area contributed by atoms with Gasteiger partial charge in [0.25, 0.3) is 0 Å². The fraction of sp³-hybridized carbons (Fsp3) is 0.231. The molecular weight excluding hydrogens is 274 g/mol. The molecule has 0 saturated heterocycles. The predicted molar refractivity (Wildman–Crippen MR) is 74.9 cm³/mol. The molecule has 110 valence electrons. The van der Waals surface area contributed by atoms with Crippen molar-refractivity contribution < 1.29 is 14.7 Å². The lowest BCUT2D eigenvalue weighted by atomic mass is 10.1. The first-order valence-electron chi connectivity index (χ1n) is 6.33. The van der Waals surface area contributed by atoms with E-state index in [-0.39, 0.29) is 12.5 Å². The van der Waals surface area contributed by atoms with Gasteiger partial charge in [0.2, 0.25) is 0 Å². The Morgan fingerprint density at radius 3 is 2.90 bits per heavy atom. The van der Waals surface area contributed by atoms with E-state index in [2.05, 4.69) is 25.8 Å². The molecule has 0 spiro atoms. The molecule has 8 nitrogen and oxygen atoms in total. The van der Waals surface area contributed by atoms with Crippen LogP contribution in [0.2, 0.25) is 0 Å². The molecule has 0 fully saturated rings. The Bertz CT molecular complexity index is 612. The lowest BCUT2D eigenvalue weighted by molar-refractivity contribution is -0.136. The standard InChI is InChI=1S/C13H15N5O3/c19-12(20)7-9-2-1-3-10(6-9)17-13(21)14-5-4-11-15-8-16-18-11/h1-3,6,8H,4-5,7H2,(H,19,20)(H2,14,17,21)(H,15,16,18). The van der Waals surface area contributed by atoms with Gasteiger partial charge in [-0.1, -0.05) is 12.1 Å². The number of carboxylic acids is 1. The number of anilines is 1. The molecule has 0 atom stereocenters. The molecule has 0 aliphatic carbocycles. The zero-order valence-corrected chi connectivity index (χ0v) is 11.2. The fourth-order valence-corrected chi connectivity index (χ4v) is 1.75. The second-order valence-corrected chi connectivity index (χ2v) is 4.33. The van der Waals surface area contributed by atoms with Crippen LogP contribution in [-0.2, 0) is 17.6 Å². The molecule has 0 aliphatic rings. The SMILES string of the molecule is O=C(O)Cc1cccc(NC(=O)NCCc2ncn[nH]2)c1. The van der Waals surface area contributed by atoms with Gasteiger partial charge in [-0.2, -0.15) is 5.10 Å². The summed E-state index contributed by atoms with van der Waals surface area (Å²) in [6.45, 7) is 0.413. The van der Waals surface area contributed by atoms with E-state index in [0.29, 0.717) is 30.0 Å². The minimum atomic E-state index is -0.913. The summed E-state index contributed by atoms with van der Waals surface area (Å²) >= 11 is 0. The number of urea groups is 1. The fourth-order valence-electron chi connectivity index (χ4n) is 1.75. The molecule has 2 aromatic rings. The minimum absolute atomic E-state index is 0.0807. The normalized spacial score (nSPS) is 10.1. The second kappa shape index (κ2) is 7.04. The van der Waals surface area contributed by atoms with Crippen molar-refractivity contribution in [2.24, 2.45) is 0 Å². The zero-order valence-electron chi connectivity index (χ0n) is 11.2. The summed E-state index contributed by atoms with van der Waals surface area (Å²) in [6, 6.07) is 6.36. The van der Waals surface area contributed by atoms with Gasteiger partial charge in [-0.15, -0.1) is 0 Å². The number of nitrogens with one attached hydrogen (secondary N) is 3. The van der Waals surface area contributed by atoms with Crippen LogP contribution < -0.4 is 10.6 Å². The molecule has 4 N–H and O–H groups in total. The Hall–Kier alpha value is -2.90. The quantitative estimate of drug-likeness (QED) is 0.627. The van der Waals surface area contributed by atoms with Gasteiger partial charge in [0.1, 0.15) is 12.2 Å². The van der Waals surface area contributed by atoms with Crippen LogP contribution in [-0.4, -0.2) is 38.8 Å². The van der Waals surface area contributed by atoms with Crippen molar-refractivity contribution in [1.29, 1.82) is 0 Å². The third-order valence-electron chi connectivity index (χ3n) is 2.65. The van der Waals surface area contributed by atoms with Gasteiger partial charge in [0.05, 0.1) is 6.42 Å².